The molecule has 27 heavy (non-hydrogen) atoms. The highest BCUT2D eigenvalue weighted by Gasteiger charge is 2.39. The van der Waals surface area contributed by atoms with Crippen molar-refractivity contribution >= 4 is 19.2 Å². The van der Waals surface area contributed by atoms with Gasteiger partial charge in [0.1, 0.15) is 5.75 Å². The number of hydrogen-bond acceptors (Lipinski definition) is 4. The van der Waals surface area contributed by atoms with E-state index >= 15 is 0 Å². The average Bonchev–Trinajstić information content (AvgIpc) is 3.06. The number of ether oxygens (including phenoxy) is 1. The largest absolute Gasteiger partial charge is 0.566 e. The molecular formula is C21H24NO4P. The molecule has 1 unspecified atom stereocenters. The first kappa shape index (κ1) is 19.6. The molecule has 0 aliphatic rings. The van der Waals surface area contributed by atoms with Gasteiger partial charge in [-0.05, 0) is 29.0 Å². The first-order valence-corrected chi connectivity index (χ1v) is 10.2. The lowest BCUT2D eigenvalue weighted by Gasteiger charge is -2.25. The zero-order chi connectivity index (χ0) is 19.4. The van der Waals surface area contributed by atoms with Gasteiger partial charge in [-0.3, -0.25) is 0 Å². The van der Waals surface area contributed by atoms with Crippen molar-refractivity contribution in [2.75, 3.05) is 7.11 Å². The molecule has 0 N–H and O–H groups in total. The van der Waals surface area contributed by atoms with E-state index in [4.69, 9.17) is 9.26 Å². The van der Waals surface area contributed by atoms with E-state index < -0.39 is 13.9 Å². The van der Waals surface area contributed by atoms with E-state index in [1.165, 1.54) is 0 Å². The van der Waals surface area contributed by atoms with Crippen LogP contribution in [-0.2, 0) is 21.2 Å². The number of rotatable bonds is 8. The normalized spacial score (nSPS) is 12.4. The molecule has 0 amide bonds. The Kier molecular flexibility index (Phi) is 5.95. The Morgan fingerprint density at radius 3 is 2.37 bits per heavy atom. The molecule has 5 nitrogen and oxygen atoms in total. The van der Waals surface area contributed by atoms with Gasteiger partial charge in [-0.1, -0.05) is 56.3 Å². The number of para-hydroxylation sites is 1. The highest BCUT2D eigenvalue weighted by molar-refractivity contribution is 7.30. The molecular weight excluding hydrogens is 361 g/mol. The summed E-state index contributed by atoms with van der Waals surface area (Å²) in [5.74, 6) is 0.752. The van der Waals surface area contributed by atoms with Crippen LogP contribution >= 0.6 is 8.25 Å². The fourth-order valence-electron chi connectivity index (χ4n) is 3.71. The maximum atomic E-state index is 11.4. The molecule has 0 saturated heterocycles. The van der Waals surface area contributed by atoms with Crippen molar-refractivity contribution in [1.29, 1.82) is 0 Å². The van der Waals surface area contributed by atoms with Crippen LogP contribution in [0.2, 0.25) is 0 Å². The lowest BCUT2D eigenvalue weighted by atomic mass is 9.88. The molecule has 142 valence electrons. The van der Waals surface area contributed by atoms with Gasteiger partial charge < -0.3 is 14.2 Å². The molecule has 0 bridgehead atoms. The van der Waals surface area contributed by atoms with Crippen molar-refractivity contribution in [3.63, 3.8) is 0 Å². The topological polar surface area (TPSA) is 63.5 Å². The number of nitrogens with zero attached hydrogens (tertiary/aromatic N) is 1. The third-order valence-corrected chi connectivity index (χ3v) is 5.66. The monoisotopic (exact) mass is 385 g/mol. The van der Waals surface area contributed by atoms with Crippen molar-refractivity contribution < 1.29 is 18.7 Å². The molecule has 0 spiro atoms. The van der Waals surface area contributed by atoms with Gasteiger partial charge >= 0.3 is 8.25 Å². The Balaban J connectivity index is 2.23. The highest BCUT2D eigenvalue weighted by atomic mass is 31.1. The quantitative estimate of drug-likeness (QED) is 0.525. The van der Waals surface area contributed by atoms with Crippen LogP contribution in [-0.4, -0.2) is 11.7 Å². The van der Waals surface area contributed by atoms with Gasteiger partial charge in [0.15, 0.2) is 5.60 Å². The fraction of sp³-hybridized carbons (Fsp3) is 0.333. The predicted octanol–water partition coefficient (Wildman–Crippen LogP) is 4.75. The molecule has 0 aliphatic carbocycles. The van der Waals surface area contributed by atoms with Gasteiger partial charge in [-0.25, -0.2) is 0 Å². The molecule has 6 heteroatoms. The van der Waals surface area contributed by atoms with Crippen molar-refractivity contribution in [1.82, 2.24) is 4.57 Å². The SMILES string of the molecule is CCC(CC)(O[P+](=O)[O-])c1cn(Cc2ccccc2)c2c(OC)cccc12. The van der Waals surface area contributed by atoms with Gasteiger partial charge in [0.05, 0.1) is 12.6 Å². The summed E-state index contributed by atoms with van der Waals surface area (Å²) < 4.78 is 24.6. The second-order valence-electron chi connectivity index (χ2n) is 6.53. The first-order chi connectivity index (χ1) is 13.0. The van der Waals surface area contributed by atoms with Crippen LogP contribution in [0, 0.1) is 0 Å². The lowest BCUT2D eigenvalue weighted by molar-refractivity contribution is -0.197. The minimum Gasteiger partial charge on any atom is -0.566 e. The zero-order valence-electron chi connectivity index (χ0n) is 15.8. The second-order valence-corrected chi connectivity index (χ2v) is 7.16. The van der Waals surface area contributed by atoms with E-state index in [1.807, 2.05) is 56.4 Å². The van der Waals surface area contributed by atoms with E-state index in [-0.39, 0.29) is 0 Å². The lowest BCUT2D eigenvalue weighted by Crippen LogP contribution is -2.26. The molecule has 1 aromatic heterocycles. The number of fused-ring (bicyclic) bond motifs is 1. The summed E-state index contributed by atoms with van der Waals surface area (Å²) in [5.41, 5.74) is 2.08. The molecule has 3 rings (SSSR count). The van der Waals surface area contributed by atoms with E-state index in [1.54, 1.807) is 7.11 Å². The maximum absolute atomic E-state index is 11.4. The Hall–Kier alpha value is -2.20. The second kappa shape index (κ2) is 8.22. The summed E-state index contributed by atoms with van der Waals surface area (Å²) in [6, 6.07) is 16.0. The molecule has 0 fully saturated rings. The third kappa shape index (κ3) is 3.77. The van der Waals surface area contributed by atoms with Gasteiger partial charge in [0.2, 0.25) is 0 Å². The van der Waals surface area contributed by atoms with E-state index in [9.17, 15) is 9.46 Å². The smallest absolute Gasteiger partial charge is 0.489 e. The summed E-state index contributed by atoms with van der Waals surface area (Å²) in [5, 5.41) is 0.950. The Labute approximate surface area is 160 Å². The molecule has 1 atom stereocenters. The fourth-order valence-corrected chi connectivity index (χ4v) is 4.35. The van der Waals surface area contributed by atoms with Gasteiger partial charge in [0, 0.05) is 23.7 Å². The Morgan fingerprint density at radius 1 is 1.07 bits per heavy atom. The standard InChI is InChI=1S/C21H24NO4P/c1-4-21(5-2,26-27(23)24)18-15-22(14-16-10-7-6-8-11-16)20-17(18)12-9-13-19(20)25-3/h6-13,15H,4-5,14H2,1-3H3. The van der Waals surface area contributed by atoms with E-state index in [0.717, 1.165) is 27.8 Å². The highest BCUT2D eigenvalue weighted by Crippen LogP contribution is 2.44. The molecule has 3 aromatic rings. The van der Waals surface area contributed by atoms with Crippen LogP contribution in [0.25, 0.3) is 10.9 Å². The van der Waals surface area contributed by atoms with Crippen LogP contribution in [0.3, 0.4) is 0 Å². The van der Waals surface area contributed by atoms with Crippen molar-refractivity contribution in [3.8, 4) is 5.75 Å². The van der Waals surface area contributed by atoms with Crippen molar-refractivity contribution in [2.24, 2.45) is 0 Å². The van der Waals surface area contributed by atoms with E-state index in [2.05, 4.69) is 16.7 Å². The maximum Gasteiger partial charge on any atom is 0.489 e. The summed E-state index contributed by atoms with van der Waals surface area (Å²) in [6.45, 7) is 4.55. The van der Waals surface area contributed by atoms with Crippen LogP contribution in [0.5, 0.6) is 5.75 Å². The molecule has 0 aliphatic heterocycles. The molecule has 0 radical (unpaired) electrons. The van der Waals surface area contributed by atoms with Crippen LogP contribution in [0.4, 0.5) is 0 Å². The van der Waals surface area contributed by atoms with Gasteiger partial charge in [-0.15, -0.1) is 4.52 Å². The zero-order valence-corrected chi connectivity index (χ0v) is 16.7. The number of methoxy groups -OCH3 is 1. The van der Waals surface area contributed by atoms with Crippen LogP contribution < -0.4 is 9.63 Å². The van der Waals surface area contributed by atoms with Crippen LogP contribution in [0.15, 0.2) is 54.7 Å². The minimum atomic E-state index is -2.97. The number of hydrogen-bond donors (Lipinski definition) is 0. The summed E-state index contributed by atoms with van der Waals surface area (Å²) in [7, 11) is -1.32. The Morgan fingerprint density at radius 2 is 1.78 bits per heavy atom. The van der Waals surface area contributed by atoms with Gasteiger partial charge in [0.25, 0.3) is 0 Å². The predicted molar refractivity (Wildman–Crippen MR) is 105 cm³/mol. The van der Waals surface area contributed by atoms with Crippen LogP contribution in [0.1, 0.15) is 37.8 Å². The van der Waals surface area contributed by atoms with Crippen molar-refractivity contribution in [2.45, 2.75) is 38.8 Å². The first-order valence-electron chi connectivity index (χ1n) is 9.08. The molecule has 2 aromatic carbocycles. The number of benzene rings is 2. The van der Waals surface area contributed by atoms with E-state index in [0.29, 0.717) is 19.4 Å². The third-order valence-electron chi connectivity index (χ3n) is 5.16. The summed E-state index contributed by atoms with van der Waals surface area (Å²) in [6.07, 6.45) is 3.11. The summed E-state index contributed by atoms with van der Waals surface area (Å²) >= 11 is 0. The number of aromatic nitrogens is 1. The van der Waals surface area contributed by atoms with Gasteiger partial charge in [-0.2, -0.15) is 0 Å². The average molecular weight is 385 g/mol. The summed E-state index contributed by atoms with van der Waals surface area (Å²) in [4.78, 5) is 11.4. The minimum absolute atomic E-state index is 0.550. The molecule has 0 saturated carbocycles. The molecule has 1 heterocycles. The Bertz CT molecular complexity index is 932. The van der Waals surface area contributed by atoms with Crippen molar-refractivity contribution in [3.05, 3.63) is 65.9 Å².